The third kappa shape index (κ3) is 2.54. The molecule has 4 heteroatoms. The summed E-state index contributed by atoms with van der Waals surface area (Å²) in [7, 11) is -1.53. The highest BCUT2D eigenvalue weighted by atomic mass is 16.4. The maximum atomic E-state index is 9.91. The first-order valence-electron chi connectivity index (χ1n) is 9.29. The molecule has 1 aromatic heterocycles. The summed E-state index contributed by atoms with van der Waals surface area (Å²) < 4.78 is 2.25. The molecule has 0 bridgehead atoms. The molecule has 0 amide bonds. The van der Waals surface area contributed by atoms with Crippen LogP contribution in [0.5, 0.6) is 0 Å². The molecule has 0 atom stereocenters. The lowest BCUT2D eigenvalue weighted by molar-refractivity contribution is 0.426. The van der Waals surface area contributed by atoms with Crippen LogP contribution >= 0.6 is 0 Å². The second-order valence-electron chi connectivity index (χ2n) is 6.85. The van der Waals surface area contributed by atoms with Crippen LogP contribution in [0.4, 0.5) is 0 Å². The molecular weight excluding hydrogens is 345 g/mol. The molecule has 0 radical (unpaired) electrons. The maximum absolute atomic E-state index is 9.91. The number of hydrogen-bond acceptors (Lipinski definition) is 2. The van der Waals surface area contributed by atoms with Crippen LogP contribution in [0.15, 0.2) is 97.1 Å². The van der Waals surface area contributed by atoms with Crippen molar-refractivity contribution in [3.05, 3.63) is 97.1 Å². The van der Waals surface area contributed by atoms with E-state index in [-0.39, 0.29) is 0 Å². The highest BCUT2D eigenvalue weighted by molar-refractivity contribution is 6.60. The molecule has 5 aromatic rings. The van der Waals surface area contributed by atoms with Gasteiger partial charge in [0.1, 0.15) is 0 Å². The number of hydrogen-bond donors (Lipinski definition) is 2. The molecule has 0 saturated carbocycles. The Morgan fingerprint density at radius 1 is 0.571 bits per heavy atom. The summed E-state index contributed by atoms with van der Waals surface area (Å²) in [6.07, 6.45) is 0. The van der Waals surface area contributed by atoms with E-state index in [1.165, 1.54) is 5.39 Å². The summed E-state index contributed by atoms with van der Waals surface area (Å²) in [4.78, 5) is 0. The normalized spacial score (nSPS) is 11.2. The van der Waals surface area contributed by atoms with Crippen LogP contribution < -0.4 is 5.46 Å². The summed E-state index contributed by atoms with van der Waals surface area (Å²) in [5, 5.41) is 22.1. The molecule has 0 fully saturated rings. The van der Waals surface area contributed by atoms with Crippen molar-refractivity contribution < 1.29 is 10.0 Å². The van der Waals surface area contributed by atoms with Gasteiger partial charge in [-0.15, -0.1) is 0 Å². The van der Waals surface area contributed by atoms with Gasteiger partial charge in [0.05, 0.1) is 11.0 Å². The van der Waals surface area contributed by atoms with E-state index < -0.39 is 7.12 Å². The van der Waals surface area contributed by atoms with E-state index in [0.717, 1.165) is 33.2 Å². The molecule has 2 N–H and O–H groups in total. The number of rotatable bonds is 3. The Morgan fingerprint density at radius 2 is 1.21 bits per heavy atom. The molecule has 0 aliphatic rings. The van der Waals surface area contributed by atoms with Crippen molar-refractivity contribution in [2.45, 2.75) is 0 Å². The predicted molar refractivity (Wildman–Crippen MR) is 116 cm³/mol. The highest BCUT2D eigenvalue weighted by Crippen LogP contribution is 2.37. The van der Waals surface area contributed by atoms with Crippen LogP contribution in [0.1, 0.15) is 0 Å². The van der Waals surface area contributed by atoms with Gasteiger partial charge in [0.2, 0.25) is 0 Å². The summed E-state index contributed by atoms with van der Waals surface area (Å²) in [6, 6.07) is 32.3. The van der Waals surface area contributed by atoms with Crippen molar-refractivity contribution in [1.82, 2.24) is 4.57 Å². The quantitative estimate of drug-likeness (QED) is 0.474. The first kappa shape index (κ1) is 16.8. The standard InChI is InChI=1S/C24H18BNO2/c27-25(28)22-15-6-4-11-18(22)20-13-8-14-21-19-12-5-7-16-23(19)26(24(20)21)17-9-2-1-3-10-17/h1-16,27-28H. The Hall–Kier alpha value is -3.34. The highest BCUT2D eigenvalue weighted by Gasteiger charge is 2.21. The second-order valence-corrected chi connectivity index (χ2v) is 6.85. The molecule has 28 heavy (non-hydrogen) atoms. The van der Waals surface area contributed by atoms with Gasteiger partial charge >= 0.3 is 7.12 Å². The number of nitrogens with zero attached hydrogens (tertiary/aromatic N) is 1. The number of aromatic nitrogens is 1. The van der Waals surface area contributed by atoms with Crippen molar-refractivity contribution in [2.75, 3.05) is 0 Å². The van der Waals surface area contributed by atoms with Crippen LogP contribution in [0.25, 0.3) is 38.6 Å². The molecular formula is C24H18BNO2. The molecule has 1 heterocycles. The summed E-state index contributed by atoms with van der Waals surface area (Å²) in [6.45, 7) is 0. The lowest BCUT2D eigenvalue weighted by Crippen LogP contribution is -2.31. The fourth-order valence-corrected chi connectivity index (χ4v) is 4.05. The van der Waals surface area contributed by atoms with Gasteiger partial charge < -0.3 is 14.6 Å². The zero-order chi connectivity index (χ0) is 19.1. The van der Waals surface area contributed by atoms with Gasteiger partial charge in [-0.05, 0) is 29.2 Å². The van der Waals surface area contributed by atoms with E-state index in [1.807, 2.05) is 54.6 Å². The van der Waals surface area contributed by atoms with E-state index in [9.17, 15) is 10.0 Å². The molecule has 4 aromatic carbocycles. The van der Waals surface area contributed by atoms with E-state index in [0.29, 0.717) is 5.46 Å². The van der Waals surface area contributed by atoms with Crippen LogP contribution in [0.2, 0.25) is 0 Å². The molecule has 5 rings (SSSR count). The third-order valence-electron chi connectivity index (χ3n) is 5.24. The third-order valence-corrected chi connectivity index (χ3v) is 5.24. The first-order chi connectivity index (χ1) is 13.8. The van der Waals surface area contributed by atoms with Gasteiger partial charge in [-0.3, -0.25) is 0 Å². The number of para-hydroxylation sites is 3. The van der Waals surface area contributed by atoms with Crippen LogP contribution in [-0.2, 0) is 0 Å². The van der Waals surface area contributed by atoms with Crippen molar-refractivity contribution in [2.24, 2.45) is 0 Å². The Balaban J connectivity index is 1.97. The summed E-state index contributed by atoms with van der Waals surface area (Å²) in [5.41, 5.74) is 5.55. The molecule has 0 unspecified atom stereocenters. The second kappa shape index (κ2) is 6.68. The smallest absolute Gasteiger partial charge is 0.423 e. The van der Waals surface area contributed by atoms with Gasteiger partial charge in [0.25, 0.3) is 0 Å². The minimum atomic E-state index is -1.53. The molecule has 134 valence electrons. The Bertz CT molecular complexity index is 1290. The van der Waals surface area contributed by atoms with Gasteiger partial charge in [-0.2, -0.15) is 0 Å². The molecule has 0 spiro atoms. The average Bonchev–Trinajstić information content (AvgIpc) is 3.09. The fourth-order valence-electron chi connectivity index (χ4n) is 4.05. The largest absolute Gasteiger partial charge is 0.489 e. The van der Waals surface area contributed by atoms with Crippen molar-refractivity contribution in [3.63, 3.8) is 0 Å². The average molecular weight is 363 g/mol. The van der Waals surface area contributed by atoms with Gasteiger partial charge in [0.15, 0.2) is 0 Å². The fraction of sp³-hybridized carbons (Fsp3) is 0. The van der Waals surface area contributed by atoms with E-state index in [2.05, 4.69) is 41.0 Å². The molecule has 3 nitrogen and oxygen atoms in total. The number of benzene rings is 4. The van der Waals surface area contributed by atoms with Gasteiger partial charge in [0, 0.05) is 22.0 Å². The van der Waals surface area contributed by atoms with Gasteiger partial charge in [-0.25, -0.2) is 0 Å². The first-order valence-corrected chi connectivity index (χ1v) is 9.29. The monoisotopic (exact) mass is 363 g/mol. The minimum absolute atomic E-state index is 0.500. The predicted octanol–water partition coefficient (Wildman–Crippen LogP) is 4.13. The molecule has 0 aliphatic heterocycles. The zero-order valence-electron chi connectivity index (χ0n) is 15.2. The lowest BCUT2D eigenvalue weighted by Gasteiger charge is -2.14. The van der Waals surface area contributed by atoms with Crippen LogP contribution in [-0.4, -0.2) is 21.7 Å². The van der Waals surface area contributed by atoms with Crippen molar-refractivity contribution >= 4 is 34.4 Å². The number of fused-ring (bicyclic) bond motifs is 3. The summed E-state index contributed by atoms with van der Waals surface area (Å²) in [5.74, 6) is 0. The topological polar surface area (TPSA) is 45.4 Å². The van der Waals surface area contributed by atoms with Crippen LogP contribution in [0.3, 0.4) is 0 Å². The lowest BCUT2D eigenvalue weighted by atomic mass is 9.75. The summed E-state index contributed by atoms with van der Waals surface area (Å²) >= 11 is 0. The van der Waals surface area contributed by atoms with Crippen LogP contribution in [0, 0.1) is 0 Å². The molecule has 0 saturated heterocycles. The zero-order valence-corrected chi connectivity index (χ0v) is 15.2. The van der Waals surface area contributed by atoms with Gasteiger partial charge in [-0.1, -0.05) is 78.9 Å². The van der Waals surface area contributed by atoms with E-state index in [1.54, 1.807) is 6.07 Å². The van der Waals surface area contributed by atoms with E-state index in [4.69, 9.17) is 0 Å². The maximum Gasteiger partial charge on any atom is 0.489 e. The Morgan fingerprint density at radius 3 is 2.04 bits per heavy atom. The molecule has 0 aliphatic carbocycles. The minimum Gasteiger partial charge on any atom is -0.423 e. The van der Waals surface area contributed by atoms with E-state index >= 15 is 0 Å². The van der Waals surface area contributed by atoms with Crippen molar-refractivity contribution in [3.8, 4) is 16.8 Å². The Kier molecular flexibility index (Phi) is 4.01. The van der Waals surface area contributed by atoms with Crippen molar-refractivity contribution in [1.29, 1.82) is 0 Å². The Labute approximate surface area is 163 Å². The SMILES string of the molecule is OB(O)c1ccccc1-c1cccc2c3ccccc3n(-c3ccccc3)c12.